The summed E-state index contributed by atoms with van der Waals surface area (Å²) in [6, 6.07) is 18.9. The lowest BCUT2D eigenvalue weighted by molar-refractivity contribution is 0.311. The van der Waals surface area contributed by atoms with Crippen LogP contribution in [0, 0.1) is 0 Å². The molecule has 0 aromatic heterocycles. The molecule has 1 unspecified atom stereocenters. The summed E-state index contributed by atoms with van der Waals surface area (Å²) >= 11 is 4.51. The van der Waals surface area contributed by atoms with Crippen LogP contribution in [0.3, 0.4) is 0 Å². The molecule has 2 aromatic rings. The van der Waals surface area contributed by atoms with Crippen LogP contribution in [0.15, 0.2) is 54.6 Å². The number of likely N-dealkylation sites (N-methyl/N-ethyl adjacent to an activating group) is 1. The van der Waals surface area contributed by atoms with E-state index in [0.717, 1.165) is 24.6 Å². The second kappa shape index (κ2) is 8.11. The summed E-state index contributed by atoms with van der Waals surface area (Å²) in [4.78, 5) is 2.34. The number of ether oxygens (including phenoxy) is 1. The van der Waals surface area contributed by atoms with Gasteiger partial charge in [-0.25, -0.2) is 0 Å². The summed E-state index contributed by atoms with van der Waals surface area (Å²) in [5.41, 5.74) is 2.65. The van der Waals surface area contributed by atoms with Gasteiger partial charge in [0.1, 0.15) is 5.75 Å². The molecular formula is C18H23NOS. The largest absolute Gasteiger partial charge is 0.497 e. The van der Waals surface area contributed by atoms with E-state index in [4.69, 9.17) is 4.74 Å². The molecule has 0 spiro atoms. The molecule has 3 heteroatoms. The molecule has 0 aliphatic heterocycles. The maximum absolute atomic E-state index is 5.19. The van der Waals surface area contributed by atoms with E-state index in [9.17, 15) is 0 Å². The number of nitrogens with zero attached hydrogens (tertiary/aromatic N) is 1. The van der Waals surface area contributed by atoms with Crippen LogP contribution in [0.4, 0.5) is 0 Å². The van der Waals surface area contributed by atoms with Gasteiger partial charge in [0.25, 0.3) is 0 Å². The van der Waals surface area contributed by atoms with Gasteiger partial charge in [-0.1, -0.05) is 42.5 Å². The molecule has 0 bridgehead atoms. The zero-order chi connectivity index (χ0) is 15.1. The smallest absolute Gasteiger partial charge is 0.118 e. The molecule has 0 aliphatic rings. The summed E-state index contributed by atoms with van der Waals surface area (Å²) in [7, 11) is 3.85. The van der Waals surface area contributed by atoms with Crippen LogP contribution in [0.1, 0.15) is 17.0 Å². The van der Waals surface area contributed by atoms with Crippen molar-refractivity contribution in [2.24, 2.45) is 0 Å². The van der Waals surface area contributed by atoms with E-state index >= 15 is 0 Å². The highest BCUT2D eigenvalue weighted by molar-refractivity contribution is 7.80. The van der Waals surface area contributed by atoms with Gasteiger partial charge in [-0.05, 0) is 36.1 Å². The Morgan fingerprint density at radius 1 is 1.05 bits per heavy atom. The van der Waals surface area contributed by atoms with Gasteiger partial charge in [0, 0.05) is 19.0 Å². The molecule has 1 atom stereocenters. The lowest BCUT2D eigenvalue weighted by atomic mass is 10.0. The Morgan fingerprint density at radius 2 is 1.71 bits per heavy atom. The number of benzene rings is 2. The van der Waals surface area contributed by atoms with Gasteiger partial charge < -0.3 is 9.64 Å². The Hall–Kier alpha value is -1.45. The van der Waals surface area contributed by atoms with Gasteiger partial charge in [-0.3, -0.25) is 0 Å². The van der Waals surface area contributed by atoms with E-state index in [0.29, 0.717) is 5.92 Å². The molecule has 0 saturated carbocycles. The standard InChI is InChI=1S/C18H23NOS/c1-19(12-15-8-10-18(20-2)11-9-15)13-17(14-21)16-6-4-3-5-7-16/h3-11,17,21H,12-14H2,1-2H3. The zero-order valence-electron chi connectivity index (χ0n) is 12.7. The second-order valence-electron chi connectivity index (χ2n) is 5.34. The maximum atomic E-state index is 5.19. The Morgan fingerprint density at radius 3 is 2.29 bits per heavy atom. The summed E-state index contributed by atoms with van der Waals surface area (Å²) in [5, 5.41) is 0. The molecule has 0 amide bonds. The van der Waals surface area contributed by atoms with E-state index in [-0.39, 0.29) is 0 Å². The zero-order valence-corrected chi connectivity index (χ0v) is 13.6. The van der Waals surface area contributed by atoms with Crippen LogP contribution in [0.25, 0.3) is 0 Å². The molecule has 21 heavy (non-hydrogen) atoms. The molecular weight excluding hydrogens is 278 g/mol. The molecule has 0 heterocycles. The highest BCUT2D eigenvalue weighted by Crippen LogP contribution is 2.19. The Labute approximate surface area is 133 Å². The SMILES string of the molecule is COc1ccc(CN(C)CC(CS)c2ccccc2)cc1. The number of rotatable bonds is 7. The third kappa shape index (κ3) is 4.80. The first-order valence-corrected chi connectivity index (χ1v) is 7.83. The average Bonchev–Trinajstić information content (AvgIpc) is 2.54. The van der Waals surface area contributed by atoms with E-state index < -0.39 is 0 Å². The van der Waals surface area contributed by atoms with Crippen LogP contribution in [-0.4, -0.2) is 31.4 Å². The average molecular weight is 301 g/mol. The number of hydrogen-bond acceptors (Lipinski definition) is 3. The Bertz CT molecular complexity index is 527. The van der Waals surface area contributed by atoms with E-state index in [2.05, 4.69) is 67.0 Å². The van der Waals surface area contributed by atoms with Crippen molar-refractivity contribution in [2.75, 3.05) is 26.5 Å². The van der Waals surface area contributed by atoms with Gasteiger partial charge in [0.15, 0.2) is 0 Å². The molecule has 0 N–H and O–H groups in total. The third-order valence-electron chi connectivity index (χ3n) is 3.63. The predicted octanol–water partition coefficient (Wildman–Crippen LogP) is 3.84. The highest BCUT2D eigenvalue weighted by Gasteiger charge is 2.12. The summed E-state index contributed by atoms with van der Waals surface area (Å²) < 4.78 is 5.19. The van der Waals surface area contributed by atoms with Crippen molar-refractivity contribution in [3.8, 4) is 5.75 Å². The Kier molecular flexibility index (Phi) is 6.15. The molecule has 2 rings (SSSR count). The number of hydrogen-bond donors (Lipinski definition) is 1. The monoisotopic (exact) mass is 301 g/mol. The lowest BCUT2D eigenvalue weighted by Crippen LogP contribution is -2.25. The topological polar surface area (TPSA) is 12.5 Å². The predicted molar refractivity (Wildman–Crippen MR) is 92.4 cm³/mol. The lowest BCUT2D eigenvalue weighted by Gasteiger charge is -2.23. The van der Waals surface area contributed by atoms with Crippen LogP contribution < -0.4 is 4.74 Å². The van der Waals surface area contributed by atoms with Crippen LogP contribution in [0.2, 0.25) is 0 Å². The van der Waals surface area contributed by atoms with Crippen molar-refractivity contribution < 1.29 is 4.74 Å². The van der Waals surface area contributed by atoms with E-state index in [1.165, 1.54) is 11.1 Å². The fourth-order valence-corrected chi connectivity index (χ4v) is 2.80. The van der Waals surface area contributed by atoms with E-state index in [1.54, 1.807) is 7.11 Å². The third-order valence-corrected chi connectivity index (χ3v) is 4.08. The van der Waals surface area contributed by atoms with Gasteiger partial charge in [-0.15, -0.1) is 0 Å². The van der Waals surface area contributed by atoms with Gasteiger partial charge in [-0.2, -0.15) is 12.6 Å². The van der Waals surface area contributed by atoms with Crippen molar-refractivity contribution >= 4 is 12.6 Å². The van der Waals surface area contributed by atoms with Gasteiger partial charge in [0.05, 0.1) is 7.11 Å². The molecule has 0 aliphatic carbocycles. The molecule has 112 valence electrons. The highest BCUT2D eigenvalue weighted by atomic mass is 32.1. The first-order valence-electron chi connectivity index (χ1n) is 7.20. The quantitative estimate of drug-likeness (QED) is 0.780. The first-order chi connectivity index (χ1) is 10.2. The maximum Gasteiger partial charge on any atom is 0.118 e. The molecule has 0 fully saturated rings. The molecule has 2 nitrogen and oxygen atoms in total. The number of thiol groups is 1. The van der Waals surface area contributed by atoms with Gasteiger partial charge in [0.2, 0.25) is 0 Å². The van der Waals surface area contributed by atoms with Gasteiger partial charge >= 0.3 is 0 Å². The molecule has 0 radical (unpaired) electrons. The van der Waals surface area contributed by atoms with Crippen molar-refractivity contribution in [3.63, 3.8) is 0 Å². The van der Waals surface area contributed by atoms with Crippen LogP contribution in [0.5, 0.6) is 5.75 Å². The fraction of sp³-hybridized carbons (Fsp3) is 0.333. The summed E-state index contributed by atoms with van der Waals surface area (Å²) in [5.74, 6) is 2.22. The summed E-state index contributed by atoms with van der Waals surface area (Å²) in [6.45, 7) is 1.93. The van der Waals surface area contributed by atoms with Crippen molar-refractivity contribution in [1.29, 1.82) is 0 Å². The minimum atomic E-state index is 0.456. The van der Waals surface area contributed by atoms with Crippen LogP contribution in [-0.2, 0) is 6.54 Å². The van der Waals surface area contributed by atoms with Crippen molar-refractivity contribution in [3.05, 3.63) is 65.7 Å². The fourth-order valence-electron chi connectivity index (χ4n) is 2.48. The second-order valence-corrected chi connectivity index (χ2v) is 5.70. The van der Waals surface area contributed by atoms with Crippen molar-refractivity contribution in [2.45, 2.75) is 12.5 Å². The first kappa shape index (κ1) is 15.9. The Balaban J connectivity index is 1.94. The minimum Gasteiger partial charge on any atom is -0.497 e. The summed E-state index contributed by atoms with van der Waals surface area (Å²) in [6.07, 6.45) is 0. The van der Waals surface area contributed by atoms with Crippen molar-refractivity contribution in [1.82, 2.24) is 4.90 Å². The van der Waals surface area contributed by atoms with E-state index in [1.807, 2.05) is 12.1 Å². The molecule has 2 aromatic carbocycles. The minimum absolute atomic E-state index is 0.456. The normalized spacial score (nSPS) is 12.4. The molecule has 0 saturated heterocycles. The van der Waals surface area contributed by atoms with Crippen LogP contribution >= 0.6 is 12.6 Å². The number of methoxy groups -OCH3 is 1.